The number of anilines is 1. The summed E-state index contributed by atoms with van der Waals surface area (Å²) in [5.41, 5.74) is 3.11. The summed E-state index contributed by atoms with van der Waals surface area (Å²) in [5, 5.41) is 7.10. The average molecular weight is 265 g/mol. The van der Waals surface area contributed by atoms with Gasteiger partial charge in [-0.25, -0.2) is 4.99 Å². The number of rotatable bonds is 3. The van der Waals surface area contributed by atoms with Crippen LogP contribution in [0.2, 0.25) is 0 Å². The van der Waals surface area contributed by atoms with Crippen LogP contribution in [-0.4, -0.2) is 22.2 Å². The number of hydrogen-bond acceptors (Lipinski definition) is 5. The number of aromatic nitrogens is 2. The lowest BCUT2D eigenvalue weighted by Gasteiger charge is -2.36. The third-order valence-electron chi connectivity index (χ3n) is 3.66. The smallest absolute Gasteiger partial charge is 0.212 e. The molecule has 0 radical (unpaired) electrons. The summed E-state index contributed by atoms with van der Waals surface area (Å²) in [7, 11) is 0. The molecule has 2 aromatic heterocycles. The van der Waals surface area contributed by atoms with E-state index in [1.165, 1.54) is 12.8 Å². The normalized spacial score (nSPS) is 24.0. The number of pyridine rings is 2. The molecule has 1 saturated carbocycles. The molecule has 3 heterocycles. The minimum Gasteiger partial charge on any atom is -0.343 e. The Bertz CT molecular complexity index is 650. The fraction of sp³-hybridized carbons (Fsp3) is 0.267. The van der Waals surface area contributed by atoms with Gasteiger partial charge in [-0.3, -0.25) is 15.3 Å². The number of nitrogens with zero attached hydrogens (tertiary/aromatic N) is 3. The summed E-state index contributed by atoms with van der Waals surface area (Å²) in [6, 6.07) is 6.45. The van der Waals surface area contributed by atoms with Gasteiger partial charge in [-0.2, -0.15) is 0 Å². The molecule has 4 rings (SSSR count). The highest BCUT2D eigenvalue weighted by molar-refractivity contribution is 5.89. The molecule has 1 fully saturated rings. The van der Waals surface area contributed by atoms with Crippen molar-refractivity contribution in [3.05, 3.63) is 54.1 Å². The van der Waals surface area contributed by atoms with E-state index in [9.17, 15) is 0 Å². The standard InChI is InChI=1S/C15H15N5/c1-2-13(1)19-15(12-4-7-16-8-5-12)18-9-11-3-6-17-10-14(11)20-15/h3-10,13,19-20H,1-2H2. The van der Waals surface area contributed by atoms with Crippen molar-refractivity contribution in [3.63, 3.8) is 0 Å². The number of nitrogens with one attached hydrogen (secondary N) is 2. The average Bonchev–Trinajstić information content (AvgIpc) is 3.32. The van der Waals surface area contributed by atoms with Gasteiger partial charge in [0.1, 0.15) is 0 Å². The van der Waals surface area contributed by atoms with Crippen LogP contribution >= 0.6 is 0 Å². The predicted octanol–water partition coefficient (Wildman–Crippen LogP) is 1.88. The molecule has 0 amide bonds. The second kappa shape index (κ2) is 4.38. The Morgan fingerprint density at radius 3 is 2.70 bits per heavy atom. The van der Waals surface area contributed by atoms with Gasteiger partial charge in [0, 0.05) is 42.0 Å². The Morgan fingerprint density at radius 2 is 1.90 bits per heavy atom. The molecule has 1 unspecified atom stereocenters. The van der Waals surface area contributed by atoms with Gasteiger partial charge in [-0.15, -0.1) is 0 Å². The number of hydrogen-bond donors (Lipinski definition) is 2. The summed E-state index contributed by atoms with van der Waals surface area (Å²) < 4.78 is 0. The molecule has 5 heteroatoms. The zero-order chi connectivity index (χ0) is 13.4. The molecule has 2 aromatic rings. The van der Waals surface area contributed by atoms with Crippen LogP contribution in [0.5, 0.6) is 0 Å². The van der Waals surface area contributed by atoms with Gasteiger partial charge in [-0.05, 0) is 31.0 Å². The van der Waals surface area contributed by atoms with Crippen LogP contribution in [0.1, 0.15) is 24.0 Å². The molecule has 0 bridgehead atoms. The number of fused-ring (bicyclic) bond motifs is 1. The van der Waals surface area contributed by atoms with Gasteiger partial charge < -0.3 is 5.32 Å². The summed E-state index contributed by atoms with van der Waals surface area (Å²) in [4.78, 5) is 13.0. The highest BCUT2D eigenvalue weighted by atomic mass is 15.3. The highest BCUT2D eigenvalue weighted by Gasteiger charge is 2.39. The topological polar surface area (TPSA) is 62.2 Å². The Labute approximate surface area is 117 Å². The minimum absolute atomic E-state index is 0.519. The molecule has 20 heavy (non-hydrogen) atoms. The molecular formula is C15H15N5. The monoisotopic (exact) mass is 265 g/mol. The lowest BCUT2D eigenvalue weighted by Crippen LogP contribution is -2.50. The van der Waals surface area contributed by atoms with Gasteiger partial charge in [0.15, 0.2) is 0 Å². The first kappa shape index (κ1) is 11.5. The van der Waals surface area contributed by atoms with Crippen molar-refractivity contribution in [2.75, 3.05) is 5.32 Å². The largest absolute Gasteiger partial charge is 0.343 e. The Morgan fingerprint density at radius 1 is 1.10 bits per heavy atom. The second-order valence-corrected chi connectivity index (χ2v) is 5.21. The van der Waals surface area contributed by atoms with Crippen LogP contribution < -0.4 is 10.6 Å². The van der Waals surface area contributed by atoms with E-state index in [1.807, 2.05) is 30.6 Å². The van der Waals surface area contributed by atoms with E-state index in [2.05, 4.69) is 20.6 Å². The zero-order valence-corrected chi connectivity index (χ0v) is 11.0. The first-order valence-corrected chi connectivity index (χ1v) is 6.81. The maximum Gasteiger partial charge on any atom is 0.212 e. The molecule has 0 spiro atoms. The van der Waals surface area contributed by atoms with Gasteiger partial charge in [0.25, 0.3) is 0 Å². The zero-order valence-electron chi connectivity index (χ0n) is 11.0. The molecule has 1 atom stereocenters. The molecular weight excluding hydrogens is 250 g/mol. The summed E-state index contributed by atoms with van der Waals surface area (Å²) in [6.07, 6.45) is 11.5. The predicted molar refractivity (Wildman–Crippen MR) is 77.5 cm³/mol. The van der Waals surface area contributed by atoms with Gasteiger partial charge in [0.05, 0.1) is 11.9 Å². The fourth-order valence-corrected chi connectivity index (χ4v) is 2.44. The highest BCUT2D eigenvalue weighted by Crippen LogP contribution is 2.33. The van der Waals surface area contributed by atoms with Crippen LogP contribution in [0.25, 0.3) is 0 Å². The van der Waals surface area contributed by atoms with Crippen molar-refractivity contribution in [2.45, 2.75) is 24.7 Å². The molecule has 1 aliphatic carbocycles. The van der Waals surface area contributed by atoms with Crippen molar-refractivity contribution >= 4 is 11.9 Å². The molecule has 0 saturated heterocycles. The van der Waals surface area contributed by atoms with Crippen LogP contribution in [-0.2, 0) is 5.79 Å². The van der Waals surface area contributed by atoms with Crippen molar-refractivity contribution in [1.29, 1.82) is 0 Å². The van der Waals surface area contributed by atoms with Crippen LogP contribution in [0.4, 0.5) is 5.69 Å². The molecule has 5 nitrogen and oxygen atoms in total. The van der Waals surface area contributed by atoms with Crippen molar-refractivity contribution in [2.24, 2.45) is 4.99 Å². The van der Waals surface area contributed by atoms with Gasteiger partial charge >= 0.3 is 0 Å². The van der Waals surface area contributed by atoms with E-state index in [4.69, 9.17) is 4.99 Å². The minimum atomic E-state index is -0.611. The van der Waals surface area contributed by atoms with E-state index in [1.54, 1.807) is 18.6 Å². The van der Waals surface area contributed by atoms with Crippen LogP contribution in [0, 0.1) is 0 Å². The van der Waals surface area contributed by atoms with Crippen LogP contribution in [0.3, 0.4) is 0 Å². The van der Waals surface area contributed by atoms with Gasteiger partial charge in [-0.1, -0.05) is 0 Å². The SMILES string of the molecule is C1=NC(NC2CC2)(c2ccncc2)Nc2cnccc21. The fourth-order valence-electron chi connectivity index (χ4n) is 2.44. The van der Waals surface area contributed by atoms with Crippen molar-refractivity contribution in [1.82, 2.24) is 15.3 Å². The summed E-state index contributed by atoms with van der Waals surface area (Å²) >= 11 is 0. The molecule has 1 aliphatic heterocycles. The van der Waals surface area contributed by atoms with Crippen LogP contribution in [0.15, 0.2) is 48.0 Å². The van der Waals surface area contributed by atoms with Gasteiger partial charge in [0.2, 0.25) is 5.79 Å². The van der Waals surface area contributed by atoms with E-state index >= 15 is 0 Å². The van der Waals surface area contributed by atoms with Crippen molar-refractivity contribution in [3.8, 4) is 0 Å². The molecule has 0 aromatic carbocycles. The Hall–Kier alpha value is -2.27. The van der Waals surface area contributed by atoms with E-state index in [-0.39, 0.29) is 0 Å². The second-order valence-electron chi connectivity index (χ2n) is 5.21. The molecule has 2 N–H and O–H groups in total. The van der Waals surface area contributed by atoms with E-state index in [0.29, 0.717) is 6.04 Å². The third-order valence-corrected chi connectivity index (χ3v) is 3.66. The first-order chi connectivity index (χ1) is 9.86. The summed E-state index contributed by atoms with van der Waals surface area (Å²) in [6.45, 7) is 0. The third kappa shape index (κ3) is 1.96. The Balaban J connectivity index is 1.78. The van der Waals surface area contributed by atoms with E-state index in [0.717, 1.165) is 16.8 Å². The lowest BCUT2D eigenvalue weighted by molar-refractivity contribution is 0.392. The van der Waals surface area contributed by atoms with E-state index < -0.39 is 5.79 Å². The molecule has 2 aliphatic rings. The number of aliphatic imine (C=N–C) groups is 1. The quantitative estimate of drug-likeness (QED) is 0.889. The molecule has 100 valence electrons. The van der Waals surface area contributed by atoms with Crippen molar-refractivity contribution < 1.29 is 0 Å². The maximum absolute atomic E-state index is 4.75. The Kier molecular flexibility index (Phi) is 2.53. The lowest BCUT2D eigenvalue weighted by atomic mass is 10.1. The first-order valence-electron chi connectivity index (χ1n) is 6.81. The summed E-state index contributed by atoms with van der Waals surface area (Å²) in [5.74, 6) is -0.611. The maximum atomic E-state index is 4.75.